The number of ether oxygens (including phenoxy) is 2. The molecule has 0 saturated heterocycles. The number of sulfonamides is 1. The van der Waals surface area contributed by atoms with Crippen molar-refractivity contribution in [3.8, 4) is 17.6 Å². The highest BCUT2D eigenvalue weighted by molar-refractivity contribution is 7.92. The molecule has 1 aliphatic heterocycles. The van der Waals surface area contributed by atoms with Crippen LogP contribution in [0.2, 0.25) is 0 Å². The van der Waals surface area contributed by atoms with Crippen LogP contribution < -0.4 is 14.2 Å². The summed E-state index contributed by atoms with van der Waals surface area (Å²) in [6.45, 7) is 0.911. The molecule has 90 valence electrons. The van der Waals surface area contributed by atoms with E-state index in [9.17, 15) is 8.42 Å². The van der Waals surface area contributed by atoms with Crippen LogP contribution in [-0.2, 0) is 10.0 Å². The highest BCUT2D eigenvalue weighted by Gasteiger charge is 2.14. The van der Waals surface area contributed by atoms with Gasteiger partial charge in [0, 0.05) is 6.07 Å². The molecule has 7 heteroatoms. The summed E-state index contributed by atoms with van der Waals surface area (Å²) >= 11 is 0. The number of hydrogen-bond acceptors (Lipinski definition) is 5. The number of fused-ring (bicyclic) bond motifs is 1. The van der Waals surface area contributed by atoms with Crippen molar-refractivity contribution in [2.45, 2.75) is 0 Å². The molecular formula is C10H10N2O4S. The van der Waals surface area contributed by atoms with E-state index in [4.69, 9.17) is 14.7 Å². The third kappa shape index (κ3) is 2.79. The molecule has 0 bridgehead atoms. The second-order valence-electron chi connectivity index (χ2n) is 3.38. The number of nitriles is 1. The topological polar surface area (TPSA) is 88.4 Å². The van der Waals surface area contributed by atoms with E-state index >= 15 is 0 Å². The zero-order valence-electron chi connectivity index (χ0n) is 8.84. The van der Waals surface area contributed by atoms with Crippen molar-refractivity contribution in [3.05, 3.63) is 18.2 Å². The Hall–Kier alpha value is -1.94. The summed E-state index contributed by atoms with van der Waals surface area (Å²) in [6.07, 6.45) is 0. The Morgan fingerprint density at radius 2 is 2.00 bits per heavy atom. The van der Waals surface area contributed by atoms with Gasteiger partial charge in [0.2, 0.25) is 10.0 Å². The Morgan fingerprint density at radius 3 is 2.71 bits per heavy atom. The van der Waals surface area contributed by atoms with Crippen LogP contribution >= 0.6 is 0 Å². The molecule has 0 radical (unpaired) electrons. The SMILES string of the molecule is N#CCS(=O)(=O)Nc1ccc2c(c1)OCCO2. The minimum Gasteiger partial charge on any atom is -0.486 e. The van der Waals surface area contributed by atoms with Gasteiger partial charge in [-0.1, -0.05) is 0 Å². The molecular weight excluding hydrogens is 244 g/mol. The molecule has 6 nitrogen and oxygen atoms in total. The number of hydrogen-bond donors (Lipinski definition) is 1. The first kappa shape index (κ1) is 11.5. The second-order valence-corrected chi connectivity index (χ2v) is 5.10. The molecule has 1 N–H and O–H groups in total. The Kier molecular flexibility index (Phi) is 3.06. The Morgan fingerprint density at radius 1 is 1.29 bits per heavy atom. The highest BCUT2D eigenvalue weighted by atomic mass is 32.2. The van der Waals surface area contributed by atoms with Gasteiger partial charge in [-0.05, 0) is 12.1 Å². The third-order valence-corrected chi connectivity index (χ3v) is 3.13. The number of nitrogens with one attached hydrogen (secondary N) is 1. The lowest BCUT2D eigenvalue weighted by Gasteiger charge is -2.19. The molecule has 17 heavy (non-hydrogen) atoms. The van der Waals surface area contributed by atoms with Crippen LogP contribution in [0.25, 0.3) is 0 Å². The van der Waals surface area contributed by atoms with Crippen LogP contribution in [0.4, 0.5) is 5.69 Å². The fourth-order valence-electron chi connectivity index (χ4n) is 1.41. The minimum absolute atomic E-state index is 0.351. The van der Waals surface area contributed by atoms with Gasteiger partial charge in [-0.25, -0.2) is 8.42 Å². The van der Waals surface area contributed by atoms with E-state index in [1.54, 1.807) is 18.2 Å². The predicted molar refractivity (Wildman–Crippen MR) is 60.5 cm³/mol. The molecule has 0 unspecified atom stereocenters. The summed E-state index contributed by atoms with van der Waals surface area (Å²) in [7, 11) is -3.62. The van der Waals surface area contributed by atoms with Gasteiger partial charge in [0.25, 0.3) is 0 Å². The Labute approximate surface area is 98.8 Å². The summed E-state index contributed by atoms with van der Waals surface area (Å²) in [5.74, 6) is 0.495. The molecule has 1 heterocycles. The Balaban J connectivity index is 2.21. The van der Waals surface area contributed by atoms with E-state index < -0.39 is 15.8 Å². The molecule has 1 aliphatic rings. The van der Waals surface area contributed by atoms with Crippen LogP contribution in [-0.4, -0.2) is 27.4 Å². The summed E-state index contributed by atoms with van der Waals surface area (Å²) in [4.78, 5) is 0. The lowest BCUT2D eigenvalue weighted by Crippen LogP contribution is -2.17. The van der Waals surface area contributed by atoms with Crippen molar-refractivity contribution in [2.24, 2.45) is 0 Å². The molecule has 0 saturated carbocycles. The monoisotopic (exact) mass is 254 g/mol. The zero-order chi connectivity index (χ0) is 12.3. The summed E-state index contributed by atoms with van der Waals surface area (Å²) in [6, 6.07) is 6.30. The van der Waals surface area contributed by atoms with Gasteiger partial charge in [0.15, 0.2) is 17.3 Å². The maximum absolute atomic E-state index is 11.4. The number of nitrogens with zero attached hydrogens (tertiary/aromatic N) is 1. The minimum atomic E-state index is -3.62. The average Bonchev–Trinajstić information content (AvgIpc) is 2.28. The van der Waals surface area contributed by atoms with Crippen molar-refractivity contribution in [2.75, 3.05) is 23.7 Å². The summed E-state index contributed by atoms with van der Waals surface area (Å²) in [5.41, 5.74) is 0.351. The fourth-order valence-corrected chi connectivity index (χ4v) is 2.14. The normalized spacial score (nSPS) is 13.8. The van der Waals surface area contributed by atoms with Crippen LogP contribution in [0, 0.1) is 11.3 Å². The van der Waals surface area contributed by atoms with Crippen molar-refractivity contribution in [1.82, 2.24) is 0 Å². The maximum atomic E-state index is 11.4. The van der Waals surface area contributed by atoms with Gasteiger partial charge in [-0.3, -0.25) is 4.72 Å². The van der Waals surface area contributed by atoms with E-state index in [-0.39, 0.29) is 0 Å². The standard InChI is InChI=1S/C10H10N2O4S/c11-3-6-17(13,14)12-8-1-2-9-10(7-8)16-5-4-15-9/h1-2,7,12H,4-6H2. The molecule has 0 spiro atoms. The van der Waals surface area contributed by atoms with E-state index in [0.717, 1.165) is 0 Å². The smallest absolute Gasteiger partial charge is 0.246 e. The fraction of sp³-hybridized carbons (Fsp3) is 0.300. The van der Waals surface area contributed by atoms with Gasteiger partial charge in [0.1, 0.15) is 13.2 Å². The Bertz CT molecular complexity index is 562. The first-order valence-electron chi connectivity index (χ1n) is 4.88. The lowest BCUT2D eigenvalue weighted by molar-refractivity contribution is 0.171. The van der Waals surface area contributed by atoms with Gasteiger partial charge < -0.3 is 9.47 Å². The molecule has 1 aromatic rings. The maximum Gasteiger partial charge on any atom is 0.246 e. The van der Waals surface area contributed by atoms with Crippen LogP contribution in [0.1, 0.15) is 0 Å². The highest BCUT2D eigenvalue weighted by Crippen LogP contribution is 2.32. The number of rotatable bonds is 3. The van der Waals surface area contributed by atoms with E-state index in [1.807, 2.05) is 0 Å². The number of anilines is 1. The molecule has 0 aliphatic carbocycles. The van der Waals surface area contributed by atoms with Crippen LogP contribution in [0.5, 0.6) is 11.5 Å². The van der Waals surface area contributed by atoms with Crippen molar-refractivity contribution in [3.63, 3.8) is 0 Å². The van der Waals surface area contributed by atoms with Gasteiger partial charge in [-0.15, -0.1) is 0 Å². The molecule has 0 atom stereocenters. The van der Waals surface area contributed by atoms with E-state index in [2.05, 4.69) is 4.72 Å². The average molecular weight is 254 g/mol. The first-order valence-corrected chi connectivity index (χ1v) is 6.53. The predicted octanol–water partition coefficient (Wildman–Crippen LogP) is 0.723. The molecule has 1 aromatic carbocycles. The lowest BCUT2D eigenvalue weighted by atomic mass is 10.3. The quantitative estimate of drug-likeness (QED) is 0.858. The molecule has 0 amide bonds. The van der Waals surface area contributed by atoms with E-state index in [1.165, 1.54) is 6.07 Å². The second kappa shape index (κ2) is 4.51. The van der Waals surface area contributed by atoms with Crippen molar-refractivity contribution < 1.29 is 17.9 Å². The largest absolute Gasteiger partial charge is 0.486 e. The van der Waals surface area contributed by atoms with Crippen molar-refractivity contribution in [1.29, 1.82) is 5.26 Å². The summed E-state index contributed by atoms with van der Waals surface area (Å²) < 4.78 is 35.6. The molecule has 0 fully saturated rings. The van der Waals surface area contributed by atoms with E-state index in [0.29, 0.717) is 30.4 Å². The van der Waals surface area contributed by atoms with Crippen LogP contribution in [0.15, 0.2) is 18.2 Å². The van der Waals surface area contributed by atoms with Crippen LogP contribution in [0.3, 0.4) is 0 Å². The third-order valence-electron chi connectivity index (χ3n) is 2.07. The summed E-state index contributed by atoms with van der Waals surface area (Å²) in [5, 5.41) is 8.36. The number of benzene rings is 1. The van der Waals surface area contributed by atoms with Gasteiger partial charge in [-0.2, -0.15) is 5.26 Å². The van der Waals surface area contributed by atoms with Gasteiger partial charge in [0.05, 0.1) is 11.8 Å². The first-order chi connectivity index (χ1) is 8.11. The van der Waals surface area contributed by atoms with Crippen molar-refractivity contribution >= 4 is 15.7 Å². The molecule has 0 aromatic heterocycles. The molecule has 2 rings (SSSR count). The zero-order valence-corrected chi connectivity index (χ0v) is 9.66. The van der Waals surface area contributed by atoms with Gasteiger partial charge >= 0.3 is 0 Å².